The zero-order valence-corrected chi connectivity index (χ0v) is 11.9. The van der Waals surface area contributed by atoms with Crippen LogP contribution in [-0.2, 0) is 16.4 Å². The van der Waals surface area contributed by atoms with Gasteiger partial charge in [0.25, 0.3) is 0 Å². The molecule has 1 aromatic carbocycles. The summed E-state index contributed by atoms with van der Waals surface area (Å²) < 4.78 is 26.7. The Bertz CT molecular complexity index is 735. The molecule has 0 spiro atoms. The Labute approximate surface area is 121 Å². The highest BCUT2D eigenvalue weighted by Crippen LogP contribution is 2.20. The number of rotatable bonds is 5. The first-order valence-electron chi connectivity index (χ1n) is 5.69. The van der Waals surface area contributed by atoms with Gasteiger partial charge in [0.2, 0.25) is 10.0 Å². The third-order valence-electron chi connectivity index (χ3n) is 2.59. The van der Waals surface area contributed by atoms with E-state index in [1.54, 1.807) is 6.20 Å². The maximum Gasteiger partial charge on any atom is 0.241 e. The Morgan fingerprint density at radius 2 is 2.25 bits per heavy atom. The van der Waals surface area contributed by atoms with Crippen LogP contribution < -0.4 is 4.72 Å². The molecule has 0 saturated carbocycles. The molecule has 6 nitrogen and oxygen atoms in total. The van der Waals surface area contributed by atoms with E-state index in [4.69, 9.17) is 16.9 Å². The van der Waals surface area contributed by atoms with Crippen molar-refractivity contribution in [3.05, 3.63) is 47.0 Å². The van der Waals surface area contributed by atoms with E-state index in [1.807, 2.05) is 6.07 Å². The highest BCUT2D eigenvalue weighted by molar-refractivity contribution is 7.89. The molecule has 2 rings (SSSR count). The molecule has 104 valence electrons. The van der Waals surface area contributed by atoms with E-state index >= 15 is 0 Å². The average Bonchev–Trinajstić information content (AvgIpc) is 2.91. The molecule has 0 amide bonds. The molecule has 0 atom stereocenters. The third-order valence-corrected chi connectivity index (χ3v) is 4.33. The second-order valence-electron chi connectivity index (χ2n) is 3.98. The van der Waals surface area contributed by atoms with Crippen LogP contribution in [0.4, 0.5) is 0 Å². The highest BCUT2D eigenvalue weighted by atomic mass is 35.5. The van der Waals surface area contributed by atoms with Crippen molar-refractivity contribution in [2.45, 2.75) is 11.3 Å². The van der Waals surface area contributed by atoms with Gasteiger partial charge >= 0.3 is 0 Å². The molecule has 0 aliphatic rings. The summed E-state index contributed by atoms with van der Waals surface area (Å²) in [5, 5.41) is 9.21. The quantitative estimate of drug-likeness (QED) is 0.873. The molecule has 0 aliphatic heterocycles. The molecule has 0 unspecified atom stereocenters. The van der Waals surface area contributed by atoms with Crippen LogP contribution in [0, 0.1) is 11.3 Å². The molecule has 0 saturated heterocycles. The van der Waals surface area contributed by atoms with Gasteiger partial charge in [-0.1, -0.05) is 11.6 Å². The first-order chi connectivity index (χ1) is 9.53. The van der Waals surface area contributed by atoms with Gasteiger partial charge in [0.05, 0.1) is 11.9 Å². The molecule has 0 aliphatic carbocycles. The molecule has 0 fully saturated rings. The summed E-state index contributed by atoms with van der Waals surface area (Å²) >= 11 is 5.78. The van der Waals surface area contributed by atoms with Gasteiger partial charge in [-0.05, 0) is 18.2 Å². The minimum atomic E-state index is -3.77. The number of H-pyrrole nitrogens is 1. The van der Waals surface area contributed by atoms with Gasteiger partial charge in [-0.3, -0.25) is 0 Å². The van der Waals surface area contributed by atoms with Gasteiger partial charge in [-0.2, -0.15) is 5.26 Å². The second kappa shape index (κ2) is 6.05. The number of nitrogens with zero attached hydrogens (tertiary/aromatic N) is 2. The standard InChI is InChI=1S/C12H11ClN4O2S/c13-10-2-1-9(6-14)12(5-10)20(18,19)17-4-3-11-7-15-8-16-11/h1-2,5,7-8,17H,3-4H2,(H,15,16). The lowest BCUT2D eigenvalue weighted by molar-refractivity contribution is 0.581. The van der Waals surface area contributed by atoms with Crippen molar-refractivity contribution in [1.29, 1.82) is 5.26 Å². The molecule has 0 bridgehead atoms. The lowest BCUT2D eigenvalue weighted by Gasteiger charge is -2.08. The number of hydrogen-bond donors (Lipinski definition) is 2. The van der Waals surface area contributed by atoms with E-state index in [9.17, 15) is 8.42 Å². The lowest BCUT2D eigenvalue weighted by atomic mass is 10.2. The minimum Gasteiger partial charge on any atom is -0.348 e. The zero-order chi connectivity index (χ0) is 14.6. The van der Waals surface area contributed by atoms with Crippen LogP contribution in [0.25, 0.3) is 0 Å². The average molecular weight is 311 g/mol. The van der Waals surface area contributed by atoms with Crippen LogP contribution >= 0.6 is 11.6 Å². The number of aromatic nitrogens is 2. The summed E-state index contributed by atoms with van der Waals surface area (Å²) in [6.45, 7) is 0.196. The molecular formula is C12H11ClN4O2S. The van der Waals surface area contributed by atoms with Gasteiger partial charge in [-0.25, -0.2) is 18.1 Å². The fourth-order valence-electron chi connectivity index (χ4n) is 1.63. The predicted octanol–water partition coefficient (Wildman–Crippen LogP) is 1.46. The Morgan fingerprint density at radius 1 is 1.45 bits per heavy atom. The summed E-state index contributed by atoms with van der Waals surface area (Å²) in [5.41, 5.74) is 0.878. The maximum atomic E-state index is 12.1. The normalized spacial score (nSPS) is 11.2. The van der Waals surface area contributed by atoms with E-state index in [0.29, 0.717) is 6.42 Å². The number of aromatic amines is 1. The van der Waals surface area contributed by atoms with Gasteiger partial charge in [0.15, 0.2) is 0 Å². The molecule has 2 N–H and O–H groups in total. The first kappa shape index (κ1) is 14.5. The molecule has 0 radical (unpaired) electrons. The molecule has 2 aromatic rings. The largest absolute Gasteiger partial charge is 0.348 e. The number of imidazole rings is 1. The maximum absolute atomic E-state index is 12.1. The molecular weight excluding hydrogens is 300 g/mol. The Morgan fingerprint density at radius 3 is 2.90 bits per heavy atom. The van der Waals surface area contributed by atoms with Crippen LogP contribution in [0.3, 0.4) is 0 Å². The van der Waals surface area contributed by atoms with Crippen molar-refractivity contribution in [3.8, 4) is 6.07 Å². The SMILES string of the molecule is N#Cc1ccc(Cl)cc1S(=O)(=O)NCCc1cnc[nH]1. The summed E-state index contributed by atoms with van der Waals surface area (Å²) in [7, 11) is -3.77. The zero-order valence-electron chi connectivity index (χ0n) is 10.3. The molecule has 8 heteroatoms. The fraction of sp³-hybridized carbons (Fsp3) is 0.167. The Hall–Kier alpha value is -1.88. The number of hydrogen-bond acceptors (Lipinski definition) is 4. The smallest absolute Gasteiger partial charge is 0.241 e. The lowest BCUT2D eigenvalue weighted by Crippen LogP contribution is -2.26. The van der Waals surface area contributed by atoms with E-state index in [1.165, 1.54) is 24.5 Å². The van der Waals surface area contributed by atoms with Gasteiger partial charge < -0.3 is 4.98 Å². The van der Waals surface area contributed by atoms with E-state index in [-0.39, 0.29) is 22.0 Å². The van der Waals surface area contributed by atoms with Crippen molar-refractivity contribution in [2.24, 2.45) is 0 Å². The molecule has 1 heterocycles. The number of nitrogens with one attached hydrogen (secondary N) is 2. The van der Waals surface area contributed by atoms with Crippen molar-refractivity contribution in [2.75, 3.05) is 6.54 Å². The van der Waals surface area contributed by atoms with Gasteiger partial charge in [-0.15, -0.1) is 0 Å². The molecule has 1 aromatic heterocycles. The summed E-state index contributed by atoms with van der Waals surface area (Å²) in [4.78, 5) is 6.60. The van der Waals surface area contributed by atoms with E-state index in [0.717, 1.165) is 5.69 Å². The van der Waals surface area contributed by atoms with Crippen molar-refractivity contribution in [1.82, 2.24) is 14.7 Å². The number of benzene rings is 1. The summed E-state index contributed by atoms with van der Waals surface area (Å²) in [6, 6.07) is 5.96. The monoisotopic (exact) mass is 310 g/mol. The van der Waals surface area contributed by atoms with Crippen molar-refractivity contribution >= 4 is 21.6 Å². The topological polar surface area (TPSA) is 98.6 Å². The molecule has 20 heavy (non-hydrogen) atoms. The predicted molar refractivity (Wildman–Crippen MR) is 73.6 cm³/mol. The van der Waals surface area contributed by atoms with Gasteiger partial charge in [0, 0.05) is 29.9 Å². The summed E-state index contributed by atoms with van der Waals surface area (Å²) in [6.07, 6.45) is 3.62. The van der Waals surface area contributed by atoms with Crippen LogP contribution in [0.1, 0.15) is 11.3 Å². The Kier molecular flexibility index (Phi) is 4.39. The van der Waals surface area contributed by atoms with E-state index in [2.05, 4.69) is 14.7 Å². The van der Waals surface area contributed by atoms with E-state index < -0.39 is 10.0 Å². The number of sulfonamides is 1. The van der Waals surface area contributed by atoms with Gasteiger partial charge in [0.1, 0.15) is 11.0 Å². The fourth-order valence-corrected chi connectivity index (χ4v) is 3.08. The number of halogens is 1. The first-order valence-corrected chi connectivity index (χ1v) is 7.55. The van der Waals surface area contributed by atoms with Crippen molar-refractivity contribution in [3.63, 3.8) is 0 Å². The highest BCUT2D eigenvalue weighted by Gasteiger charge is 2.18. The van der Waals surface area contributed by atoms with Crippen LogP contribution in [0.2, 0.25) is 5.02 Å². The van der Waals surface area contributed by atoms with Crippen molar-refractivity contribution < 1.29 is 8.42 Å². The minimum absolute atomic E-state index is 0.0587. The van der Waals surface area contributed by atoms with Crippen LogP contribution in [-0.4, -0.2) is 24.9 Å². The van der Waals surface area contributed by atoms with Crippen LogP contribution in [0.5, 0.6) is 0 Å². The van der Waals surface area contributed by atoms with Crippen LogP contribution in [0.15, 0.2) is 35.6 Å². The summed E-state index contributed by atoms with van der Waals surface area (Å²) in [5.74, 6) is 0. The second-order valence-corrected chi connectivity index (χ2v) is 6.15. The number of nitriles is 1. The third kappa shape index (κ3) is 3.36. The Balaban J connectivity index is 2.14.